The molecule has 0 aromatic carbocycles. The monoisotopic (exact) mass is 549 g/mol. The Labute approximate surface area is 235 Å². The van der Waals surface area contributed by atoms with Gasteiger partial charge in [-0.15, -0.1) is 0 Å². The van der Waals surface area contributed by atoms with E-state index in [2.05, 4.69) is 24.4 Å². The lowest BCUT2D eigenvalue weighted by atomic mass is 9.96. The fraction of sp³-hybridized carbons (Fsp3) is 0.700. The van der Waals surface area contributed by atoms with Gasteiger partial charge >= 0.3 is 0 Å². The second kappa shape index (κ2) is 19.5. The first-order valence-corrected chi connectivity index (χ1v) is 14.7. The average Bonchev–Trinajstić information content (AvgIpc) is 2.94. The molecule has 0 bridgehead atoms. The Morgan fingerprint density at radius 1 is 1.21 bits per heavy atom. The van der Waals surface area contributed by atoms with Crippen LogP contribution in [0.4, 0.5) is 4.39 Å². The number of allylic oxidation sites excluding steroid dienone is 3. The predicted octanol–water partition coefficient (Wildman–Crippen LogP) is 4.46. The van der Waals surface area contributed by atoms with E-state index < -0.39 is 12.2 Å². The summed E-state index contributed by atoms with van der Waals surface area (Å²) in [6, 6.07) is -0.456. The van der Waals surface area contributed by atoms with E-state index in [4.69, 9.17) is 0 Å². The minimum atomic E-state index is -0.456. The number of carbonyl (C=O) groups is 3. The summed E-state index contributed by atoms with van der Waals surface area (Å²) in [4.78, 5) is 40.8. The van der Waals surface area contributed by atoms with Crippen LogP contribution in [0.15, 0.2) is 35.5 Å². The molecule has 2 atom stereocenters. The molecule has 2 saturated heterocycles. The lowest BCUT2D eigenvalue weighted by molar-refractivity contribution is -0.196. The highest BCUT2D eigenvalue weighted by atomic mass is 19.1. The third kappa shape index (κ3) is 10.5. The highest BCUT2D eigenvalue weighted by Crippen LogP contribution is 2.28. The number of piperazine rings is 1. The third-order valence-electron chi connectivity index (χ3n) is 7.02. The fourth-order valence-electron chi connectivity index (χ4n) is 5.21. The summed E-state index contributed by atoms with van der Waals surface area (Å²) in [5.74, 6) is -0.0414. The molecule has 1 N–H and O–H groups in total. The van der Waals surface area contributed by atoms with Gasteiger partial charge in [-0.25, -0.2) is 9.40 Å². The van der Waals surface area contributed by atoms with Crippen LogP contribution in [0.1, 0.15) is 79.1 Å². The highest BCUT2D eigenvalue weighted by Gasteiger charge is 2.48. The maximum Gasteiger partial charge on any atom is 0.245 e. The predicted molar refractivity (Wildman–Crippen MR) is 156 cm³/mol. The van der Waals surface area contributed by atoms with Crippen molar-refractivity contribution in [2.24, 2.45) is 0 Å². The molecule has 9 heteroatoms. The molecule has 0 aromatic heterocycles. The second-order valence-electron chi connectivity index (χ2n) is 9.80. The molecule has 0 aromatic rings. The largest absolute Gasteiger partial charge is 0.337 e. The summed E-state index contributed by atoms with van der Waals surface area (Å²) in [5, 5.41) is 6.23. The van der Waals surface area contributed by atoms with Gasteiger partial charge in [-0.05, 0) is 57.6 Å². The molecule has 8 nitrogen and oxygen atoms in total. The number of nitrogens with one attached hydrogen (secondary N) is 1. The average molecular weight is 550 g/mol. The van der Waals surface area contributed by atoms with E-state index in [0.717, 1.165) is 50.6 Å². The summed E-state index contributed by atoms with van der Waals surface area (Å²) < 4.78 is 11.7. The van der Waals surface area contributed by atoms with E-state index in [-0.39, 0.29) is 25.0 Å². The number of hydrogen-bond donors (Lipinski definition) is 1. The van der Waals surface area contributed by atoms with Crippen LogP contribution in [0.25, 0.3) is 0 Å². The van der Waals surface area contributed by atoms with Crippen molar-refractivity contribution < 1.29 is 18.8 Å². The number of nitrogens with zero attached hydrogens (tertiary/aromatic N) is 4. The Morgan fingerprint density at radius 3 is 2.51 bits per heavy atom. The van der Waals surface area contributed by atoms with Crippen molar-refractivity contribution in [3.63, 3.8) is 0 Å². The van der Waals surface area contributed by atoms with Crippen molar-refractivity contribution in [1.29, 1.82) is 0 Å². The molecule has 1 aliphatic carbocycles. The quantitative estimate of drug-likeness (QED) is 0.234. The zero-order valence-electron chi connectivity index (χ0n) is 25.1. The number of alkyl halides is 1. The number of hydrogen-bond acceptors (Lipinski definition) is 5. The van der Waals surface area contributed by atoms with Gasteiger partial charge in [0.25, 0.3) is 0 Å². The maximum absolute atomic E-state index is 13.1. The zero-order valence-corrected chi connectivity index (χ0v) is 25.1. The Kier molecular flexibility index (Phi) is 17.3. The van der Waals surface area contributed by atoms with Crippen LogP contribution in [-0.4, -0.2) is 97.2 Å². The molecule has 222 valence electrons. The molecule has 3 rings (SSSR count). The van der Waals surface area contributed by atoms with Gasteiger partial charge in [0, 0.05) is 20.1 Å². The summed E-state index contributed by atoms with van der Waals surface area (Å²) in [6.07, 6.45) is 16.2. The molecule has 3 amide bonds. The van der Waals surface area contributed by atoms with Crippen LogP contribution < -0.4 is 5.32 Å². The van der Waals surface area contributed by atoms with E-state index >= 15 is 0 Å². The lowest BCUT2D eigenvalue weighted by Gasteiger charge is -2.53. The van der Waals surface area contributed by atoms with Gasteiger partial charge < -0.3 is 15.1 Å². The van der Waals surface area contributed by atoms with E-state index in [0.29, 0.717) is 19.5 Å². The first-order valence-electron chi connectivity index (χ1n) is 14.7. The number of amides is 3. The standard InChI is InChI=1S/C19H30N4O3.C9H16FN.C2H6/c1-3-7-16-19(26)21(11-10-15-8-5-4-6-9-15)12-17-22(14-24)20(2)13-18(25)23(16)17;1-3-5-9(8-11-2)6-4-7-10;1-2/h8,14,16-17H,3-7,9-13H2,1-2H3;4-6,11H,3,7-8H2,1-2H3;1-2H3/b;6-4-,9-5+;/t16-,17?;;/m0../s1. The van der Waals surface area contributed by atoms with Crippen molar-refractivity contribution in [1.82, 2.24) is 25.1 Å². The van der Waals surface area contributed by atoms with Crippen LogP contribution in [0.3, 0.4) is 0 Å². The molecule has 2 aliphatic heterocycles. The Morgan fingerprint density at radius 2 is 1.95 bits per heavy atom. The van der Waals surface area contributed by atoms with Crippen molar-refractivity contribution in [3.05, 3.63) is 35.5 Å². The minimum Gasteiger partial charge on any atom is -0.337 e. The summed E-state index contributed by atoms with van der Waals surface area (Å²) >= 11 is 0. The van der Waals surface area contributed by atoms with Gasteiger partial charge in [0.2, 0.25) is 18.2 Å². The van der Waals surface area contributed by atoms with Crippen molar-refractivity contribution >= 4 is 18.2 Å². The number of fused-ring (bicyclic) bond motifs is 1. The van der Waals surface area contributed by atoms with Crippen molar-refractivity contribution in [2.75, 3.05) is 46.9 Å². The Bertz CT molecular complexity index is 844. The van der Waals surface area contributed by atoms with Gasteiger partial charge in [-0.2, -0.15) is 0 Å². The van der Waals surface area contributed by atoms with Gasteiger partial charge in [0.1, 0.15) is 18.9 Å². The fourth-order valence-corrected chi connectivity index (χ4v) is 5.21. The molecular formula is C30H52FN5O3. The number of carbonyl (C=O) groups excluding carboxylic acids is 3. The van der Waals surface area contributed by atoms with Gasteiger partial charge in [-0.3, -0.25) is 19.4 Å². The molecule has 0 saturated carbocycles. The summed E-state index contributed by atoms with van der Waals surface area (Å²) in [6.45, 7) is 9.71. The molecule has 0 radical (unpaired) electrons. The van der Waals surface area contributed by atoms with Gasteiger partial charge in [0.05, 0.1) is 13.1 Å². The van der Waals surface area contributed by atoms with Crippen LogP contribution >= 0.6 is 0 Å². The van der Waals surface area contributed by atoms with Crippen LogP contribution in [-0.2, 0) is 14.4 Å². The maximum atomic E-state index is 13.1. The first kappa shape index (κ1) is 34.5. The SMILES string of the molecule is CC.CC/C=C(\C=C/CF)CNC.CCC[C@H]1C(=O)N(CCC2=CCCCC2)CC2N1C(=O)CN(C)N2C=O. The molecule has 2 heterocycles. The first-order chi connectivity index (χ1) is 18.9. The second-order valence-corrected chi connectivity index (χ2v) is 9.80. The van der Waals surface area contributed by atoms with E-state index in [1.54, 1.807) is 22.0 Å². The number of hydrazine groups is 1. The number of rotatable bonds is 11. The lowest BCUT2D eigenvalue weighted by Crippen LogP contribution is -2.74. The molecule has 1 unspecified atom stereocenters. The van der Waals surface area contributed by atoms with Crippen molar-refractivity contribution in [2.45, 2.75) is 91.3 Å². The number of halogens is 1. The topological polar surface area (TPSA) is 76.2 Å². The van der Waals surface area contributed by atoms with E-state index in [9.17, 15) is 18.8 Å². The minimum absolute atomic E-state index is 0.0308. The van der Waals surface area contributed by atoms with E-state index in [1.807, 2.05) is 38.8 Å². The molecule has 2 fully saturated rings. The molecular weight excluding hydrogens is 497 g/mol. The molecule has 3 aliphatic rings. The van der Waals surface area contributed by atoms with Gasteiger partial charge in [0.15, 0.2) is 0 Å². The Hall–Kier alpha value is -2.52. The van der Waals surface area contributed by atoms with Crippen LogP contribution in [0, 0.1) is 0 Å². The normalized spacial score (nSPS) is 22.1. The molecule has 0 spiro atoms. The smallest absolute Gasteiger partial charge is 0.245 e. The summed E-state index contributed by atoms with van der Waals surface area (Å²) in [5.41, 5.74) is 2.58. The zero-order chi connectivity index (χ0) is 29.2. The van der Waals surface area contributed by atoms with Crippen molar-refractivity contribution in [3.8, 4) is 0 Å². The third-order valence-corrected chi connectivity index (χ3v) is 7.02. The van der Waals surface area contributed by atoms with Crippen LogP contribution in [0.2, 0.25) is 0 Å². The van der Waals surface area contributed by atoms with E-state index in [1.165, 1.54) is 24.5 Å². The molecule has 39 heavy (non-hydrogen) atoms. The van der Waals surface area contributed by atoms with Crippen LogP contribution in [0.5, 0.6) is 0 Å². The highest BCUT2D eigenvalue weighted by molar-refractivity contribution is 5.90. The Balaban J connectivity index is 0.000000495. The summed E-state index contributed by atoms with van der Waals surface area (Å²) in [7, 11) is 3.62. The number of likely N-dealkylation sites (N-methyl/N-ethyl adjacent to an activating group) is 2. The van der Waals surface area contributed by atoms with Gasteiger partial charge in [-0.1, -0.05) is 64.0 Å².